The molecule has 1 saturated heterocycles. The van der Waals surface area contributed by atoms with Gasteiger partial charge in [0.15, 0.2) is 5.17 Å². The van der Waals surface area contributed by atoms with Crippen LogP contribution in [-0.2, 0) is 11.4 Å². The van der Waals surface area contributed by atoms with Crippen LogP contribution in [0.1, 0.15) is 11.1 Å². The van der Waals surface area contributed by atoms with Crippen LogP contribution >= 0.6 is 23.4 Å². The molecule has 0 bridgehead atoms. The van der Waals surface area contributed by atoms with Gasteiger partial charge in [0, 0.05) is 10.6 Å². The molecule has 1 fully saturated rings. The summed E-state index contributed by atoms with van der Waals surface area (Å²) in [4.78, 5) is 11.1. The Bertz CT molecular complexity index is 858. The van der Waals surface area contributed by atoms with Crippen LogP contribution in [0.3, 0.4) is 0 Å². The third kappa shape index (κ3) is 5.04. The molecule has 0 spiro atoms. The Balaban J connectivity index is 1.72. The first-order chi connectivity index (χ1) is 12.1. The van der Waals surface area contributed by atoms with Crippen molar-refractivity contribution in [2.24, 2.45) is 10.2 Å². The number of amidine groups is 1. The van der Waals surface area contributed by atoms with E-state index in [2.05, 4.69) is 15.5 Å². The molecule has 128 valence electrons. The highest BCUT2D eigenvalue weighted by Crippen LogP contribution is 2.23. The Morgan fingerprint density at radius 3 is 2.96 bits per heavy atom. The summed E-state index contributed by atoms with van der Waals surface area (Å²) in [6, 6.07) is 11.3. The number of nitrogens with one attached hydrogen (secondary N) is 1. The quantitative estimate of drug-likeness (QED) is 0.639. The predicted octanol–water partition coefficient (Wildman–Crippen LogP) is 3.61. The highest BCUT2D eigenvalue weighted by Gasteiger charge is 2.16. The number of benzene rings is 2. The van der Waals surface area contributed by atoms with Crippen LogP contribution in [0.25, 0.3) is 0 Å². The van der Waals surface area contributed by atoms with E-state index in [1.165, 1.54) is 30.1 Å². The van der Waals surface area contributed by atoms with Crippen molar-refractivity contribution in [1.82, 2.24) is 5.32 Å². The van der Waals surface area contributed by atoms with E-state index in [1.54, 1.807) is 30.3 Å². The molecular formula is C17H13ClFN3O2S. The highest BCUT2D eigenvalue weighted by atomic mass is 35.5. The summed E-state index contributed by atoms with van der Waals surface area (Å²) < 4.78 is 19.0. The van der Waals surface area contributed by atoms with Gasteiger partial charge in [-0.3, -0.25) is 4.79 Å². The number of thioether (sulfide) groups is 1. The maximum absolute atomic E-state index is 13.2. The lowest BCUT2D eigenvalue weighted by Gasteiger charge is -2.09. The first-order valence-corrected chi connectivity index (χ1v) is 8.67. The summed E-state index contributed by atoms with van der Waals surface area (Å²) in [6.45, 7) is 0.209. The van der Waals surface area contributed by atoms with Crippen LogP contribution in [-0.4, -0.2) is 23.0 Å². The highest BCUT2D eigenvalue weighted by molar-refractivity contribution is 8.15. The largest absolute Gasteiger partial charge is 0.488 e. The van der Waals surface area contributed by atoms with Gasteiger partial charge in [-0.1, -0.05) is 35.5 Å². The zero-order valence-electron chi connectivity index (χ0n) is 12.9. The third-order valence-electron chi connectivity index (χ3n) is 3.19. The number of carbonyl (C=O) groups excluding carboxylic acids is 1. The SMILES string of the molecule is O=C1CSC(=NN=Cc2cc(Cl)ccc2OCc2cccc(F)c2)N1. The minimum absolute atomic E-state index is 0.0965. The lowest BCUT2D eigenvalue weighted by Crippen LogP contribution is -2.19. The van der Waals surface area contributed by atoms with Gasteiger partial charge in [-0.2, -0.15) is 5.10 Å². The first kappa shape index (κ1) is 17.4. The topological polar surface area (TPSA) is 63.0 Å². The molecule has 3 rings (SSSR count). The number of hydrogen-bond acceptors (Lipinski definition) is 5. The van der Waals surface area contributed by atoms with E-state index in [0.29, 0.717) is 32.8 Å². The number of halogens is 2. The van der Waals surface area contributed by atoms with Crippen LogP contribution in [0.5, 0.6) is 5.75 Å². The number of amides is 1. The molecule has 0 aromatic heterocycles. The number of hydrogen-bond donors (Lipinski definition) is 1. The van der Waals surface area contributed by atoms with E-state index >= 15 is 0 Å². The van der Waals surface area contributed by atoms with Gasteiger partial charge in [-0.05, 0) is 35.9 Å². The molecule has 0 unspecified atom stereocenters. The molecule has 5 nitrogen and oxygen atoms in total. The van der Waals surface area contributed by atoms with Crippen molar-refractivity contribution >= 4 is 40.7 Å². The van der Waals surface area contributed by atoms with Gasteiger partial charge in [0.2, 0.25) is 5.91 Å². The molecule has 1 aliphatic heterocycles. The number of ether oxygens (including phenoxy) is 1. The Hall–Kier alpha value is -2.38. The molecule has 0 saturated carbocycles. The second-order valence-electron chi connectivity index (χ2n) is 5.09. The lowest BCUT2D eigenvalue weighted by molar-refractivity contribution is -0.116. The van der Waals surface area contributed by atoms with E-state index in [4.69, 9.17) is 16.3 Å². The van der Waals surface area contributed by atoms with E-state index in [1.807, 2.05) is 0 Å². The van der Waals surface area contributed by atoms with E-state index in [0.717, 1.165) is 0 Å². The number of nitrogens with zero attached hydrogens (tertiary/aromatic N) is 2. The van der Waals surface area contributed by atoms with Gasteiger partial charge in [0.25, 0.3) is 0 Å². The lowest BCUT2D eigenvalue weighted by atomic mass is 10.2. The zero-order chi connectivity index (χ0) is 17.6. The first-order valence-electron chi connectivity index (χ1n) is 7.30. The van der Waals surface area contributed by atoms with Crippen LogP contribution in [0.4, 0.5) is 4.39 Å². The monoisotopic (exact) mass is 377 g/mol. The Kier molecular flexibility index (Phi) is 5.67. The van der Waals surface area contributed by atoms with Crippen LogP contribution in [0.15, 0.2) is 52.7 Å². The molecule has 25 heavy (non-hydrogen) atoms. The maximum atomic E-state index is 13.2. The summed E-state index contributed by atoms with van der Waals surface area (Å²) in [6.07, 6.45) is 1.49. The Morgan fingerprint density at radius 1 is 1.32 bits per heavy atom. The molecule has 8 heteroatoms. The van der Waals surface area contributed by atoms with Crippen molar-refractivity contribution in [2.45, 2.75) is 6.61 Å². The van der Waals surface area contributed by atoms with Crippen molar-refractivity contribution in [2.75, 3.05) is 5.75 Å². The predicted molar refractivity (Wildman–Crippen MR) is 97.8 cm³/mol. The van der Waals surface area contributed by atoms with Gasteiger partial charge in [-0.25, -0.2) is 4.39 Å². The Morgan fingerprint density at radius 2 is 2.20 bits per heavy atom. The van der Waals surface area contributed by atoms with E-state index < -0.39 is 0 Å². The average molecular weight is 378 g/mol. The van der Waals surface area contributed by atoms with E-state index in [9.17, 15) is 9.18 Å². The molecule has 0 aliphatic carbocycles. The molecule has 1 amide bonds. The van der Waals surface area contributed by atoms with Crippen molar-refractivity contribution < 1.29 is 13.9 Å². The fourth-order valence-electron chi connectivity index (χ4n) is 2.06. The van der Waals surface area contributed by atoms with Gasteiger partial charge < -0.3 is 10.1 Å². The number of carbonyl (C=O) groups is 1. The molecular weight excluding hydrogens is 365 g/mol. The van der Waals surface area contributed by atoms with Crippen LogP contribution in [0.2, 0.25) is 5.02 Å². The van der Waals surface area contributed by atoms with E-state index in [-0.39, 0.29) is 18.3 Å². The molecule has 1 N–H and O–H groups in total. The molecule has 2 aromatic carbocycles. The Labute approximate surface area is 152 Å². The summed E-state index contributed by atoms with van der Waals surface area (Å²) >= 11 is 7.30. The molecule has 1 aliphatic rings. The second-order valence-corrected chi connectivity index (χ2v) is 6.49. The zero-order valence-corrected chi connectivity index (χ0v) is 14.5. The summed E-state index contributed by atoms with van der Waals surface area (Å²) in [5, 5.41) is 11.5. The second kappa shape index (κ2) is 8.13. The molecule has 0 atom stereocenters. The minimum Gasteiger partial charge on any atom is -0.488 e. The molecule has 1 heterocycles. The maximum Gasteiger partial charge on any atom is 0.236 e. The fraction of sp³-hybridized carbons (Fsp3) is 0.118. The average Bonchev–Trinajstić information content (AvgIpc) is 2.99. The normalized spacial score (nSPS) is 15.8. The van der Waals surface area contributed by atoms with Gasteiger partial charge in [0.1, 0.15) is 18.2 Å². The van der Waals surface area contributed by atoms with Crippen molar-refractivity contribution in [3.05, 3.63) is 64.4 Å². The van der Waals surface area contributed by atoms with Gasteiger partial charge in [-0.15, -0.1) is 5.10 Å². The van der Waals surface area contributed by atoms with Crippen molar-refractivity contribution in [3.8, 4) is 5.75 Å². The minimum atomic E-state index is -0.314. The molecule has 0 radical (unpaired) electrons. The third-order valence-corrected chi connectivity index (χ3v) is 4.29. The van der Waals surface area contributed by atoms with Crippen molar-refractivity contribution in [3.63, 3.8) is 0 Å². The van der Waals surface area contributed by atoms with Crippen LogP contribution in [0, 0.1) is 5.82 Å². The summed E-state index contributed by atoms with van der Waals surface area (Å²) in [5.74, 6) is 0.473. The van der Waals surface area contributed by atoms with Crippen molar-refractivity contribution in [1.29, 1.82) is 0 Å². The van der Waals surface area contributed by atoms with Crippen LogP contribution < -0.4 is 10.1 Å². The summed E-state index contributed by atoms with van der Waals surface area (Å²) in [5.41, 5.74) is 1.34. The smallest absolute Gasteiger partial charge is 0.236 e. The van der Waals surface area contributed by atoms with Gasteiger partial charge >= 0.3 is 0 Å². The number of rotatable bonds is 5. The standard InChI is InChI=1S/C17H13ClFN3O2S/c18-13-4-5-15(24-9-11-2-1-3-14(19)6-11)12(7-13)8-20-22-17-21-16(23)10-25-17/h1-8H,9-10H2,(H,21,22,23). The van der Waals surface area contributed by atoms with Gasteiger partial charge in [0.05, 0.1) is 12.0 Å². The fourth-order valence-corrected chi connectivity index (χ4v) is 2.87. The molecule has 2 aromatic rings. The summed E-state index contributed by atoms with van der Waals surface area (Å²) in [7, 11) is 0.